The third-order valence-electron chi connectivity index (χ3n) is 2.53. The number of ether oxygens (including phenoxy) is 1. The van der Waals surface area contributed by atoms with Crippen LogP contribution < -0.4 is 10.6 Å². The molecule has 1 aromatic rings. The lowest BCUT2D eigenvalue weighted by Crippen LogP contribution is -2.30. The summed E-state index contributed by atoms with van der Waals surface area (Å²) in [7, 11) is 1.58. The van der Waals surface area contributed by atoms with Crippen LogP contribution in [0.25, 0.3) is 0 Å². The van der Waals surface area contributed by atoms with Crippen LogP contribution in [0, 0.1) is 0 Å². The Morgan fingerprint density at radius 3 is 2.75 bits per heavy atom. The van der Waals surface area contributed by atoms with Crippen molar-refractivity contribution >= 4 is 11.9 Å². The number of hydrogen-bond donors (Lipinski definition) is 3. The SMILES string of the molecule is COCCNC(=O)CCNCc1ccc(C(=O)O)cn1. The minimum atomic E-state index is -0.996. The Morgan fingerprint density at radius 2 is 2.15 bits per heavy atom. The van der Waals surface area contributed by atoms with Crippen molar-refractivity contribution < 1.29 is 19.4 Å². The van der Waals surface area contributed by atoms with Crippen molar-refractivity contribution in [3.8, 4) is 0 Å². The van der Waals surface area contributed by atoms with Gasteiger partial charge in [0.05, 0.1) is 17.9 Å². The summed E-state index contributed by atoms with van der Waals surface area (Å²) in [5.41, 5.74) is 0.890. The minimum absolute atomic E-state index is 0.0382. The lowest BCUT2D eigenvalue weighted by Gasteiger charge is -2.06. The van der Waals surface area contributed by atoms with Gasteiger partial charge in [-0.3, -0.25) is 9.78 Å². The van der Waals surface area contributed by atoms with Crippen molar-refractivity contribution in [3.63, 3.8) is 0 Å². The first-order valence-electron chi connectivity index (χ1n) is 6.28. The maximum atomic E-state index is 11.4. The van der Waals surface area contributed by atoms with Gasteiger partial charge in [0.25, 0.3) is 0 Å². The van der Waals surface area contributed by atoms with Gasteiger partial charge >= 0.3 is 5.97 Å². The number of nitrogens with zero attached hydrogens (tertiary/aromatic N) is 1. The van der Waals surface area contributed by atoms with Gasteiger partial charge in [0.1, 0.15) is 0 Å². The van der Waals surface area contributed by atoms with Crippen molar-refractivity contribution in [2.24, 2.45) is 0 Å². The largest absolute Gasteiger partial charge is 0.478 e. The number of carbonyl (C=O) groups excluding carboxylic acids is 1. The summed E-state index contributed by atoms with van der Waals surface area (Å²) in [6.07, 6.45) is 1.69. The van der Waals surface area contributed by atoms with Crippen LogP contribution in [-0.2, 0) is 16.1 Å². The molecule has 0 aliphatic carbocycles. The quantitative estimate of drug-likeness (QED) is 0.552. The molecule has 1 heterocycles. The number of aromatic nitrogens is 1. The van der Waals surface area contributed by atoms with Crippen molar-refractivity contribution in [2.45, 2.75) is 13.0 Å². The first-order valence-corrected chi connectivity index (χ1v) is 6.28. The molecule has 110 valence electrons. The van der Waals surface area contributed by atoms with E-state index in [4.69, 9.17) is 9.84 Å². The van der Waals surface area contributed by atoms with Crippen LogP contribution in [0.2, 0.25) is 0 Å². The summed E-state index contributed by atoms with van der Waals surface area (Å²) in [5, 5.41) is 14.5. The molecule has 0 bridgehead atoms. The molecule has 0 radical (unpaired) electrons. The predicted molar refractivity (Wildman–Crippen MR) is 72.4 cm³/mol. The lowest BCUT2D eigenvalue weighted by atomic mass is 10.2. The number of hydrogen-bond acceptors (Lipinski definition) is 5. The van der Waals surface area contributed by atoms with E-state index in [0.29, 0.717) is 32.7 Å². The fourth-order valence-corrected chi connectivity index (χ4v) is 1.45. The highest BCUT2D eigenvalue weighted by Crippen LogP contribution is 1.99. The number of methoxy groups -OCH3 is 1. The third-order valence-corrected chi connectivity index (χ3v) is 2.53. The molecule has 0 aromatic carbocycles. The van der Waals surface area contributed by atoms with Crippen LogP contribution in [0.4, 0.5) is 0 Å². The molecular formula is C13H19N3O4. The van der Waals surface area contributed by atoms with Gasteiger partial charge in [0, 0.05) is 39.4 Å². The molecule has 0 fully saturated rings. The van der Waals surface area contributed by atoms with E-state index in [1.165, 1.54) is 12.3 Å². The van der Waals surface area contributed by atoms with Gasteiger partial charge < -0.3 is 20.5 Å². The molecular weight excluding hydrogens is 262 g/mol. The molecule has 7 nitrogen and oxygen atoms in total. The van der Waals surface area contributed by atoms with Gasteiger partial charge in [-0.2, -0.15) is 0 Å². The number of aromatic carboxylic acids is 1. The average molecular weight is 281 g/mol. The van der Waals surface area contributed by atoms with Crippen LogP contribution in [0.1, 0.15) is 22.5 Å². The number of rotatable bonds is 9. The third kappa shape index (κ3) is 6.26. The van der Waals surface area contributed by atoms with Gasteiger partial charge in [-0.05, 0) is 12.1 Å². The molecule has 0 saturated heterocycles. The molecule has 7 heteroatoms. The van der Waals surface area contributed by atoms with Crippen LogP contribution in [0.15, 0.2) is 18.3 Å². The number of amides is 1. The molecule has 3 N–H and O–H groups in total. The molecule has 0 saturated carbocycles. The number of carbonyl (C=O) groups is 2. The smallest absolute Gasteiger partial charge is 0.337 e. The molecule has 0 spiro atoms. The maximum Gasteiger partial charge on any atom is 0.337 e. The van der Waals surface area contributed by atoms with Crippen molar-refractivity contribution in [2.75, 3.05) is 26.8 Å². The van der Waals surface area contributed by atoms with Gasteiger partial charge in [-0.15, -0.1) is 0 Å². The Balaban J connectivity index is 2.17. The zero-order chi connectivity index (χ0) is 14.8. The van der Waals surface area contributed by atoms with Crippen LogP contribution in [0.5, 0.6) is 0 Å². The molecule has 20 heavy (non-hydrogen) atoms. The molecule has 0 unspecified atom stereocenters. The van der Waals surface area contributed by atoms with Crippen molar-refractivity contribution in [1.82, 2.24) is 15.6 Å². The van der Waals surface area contributed by atoms with E-state index in [1.807, 2.05) is 0 Å². The second kappa shape index (κ2) is 9.00. The zero-order valence-corrected chi connectivity index (χ0v) is 11.4. The summed E-state index contributed by atoms with van der Waals surface area (Å²) >= 11 is 0. The second-order valence-corrected chi connectivity index (χ2v) is 4.11. The minimum Gasteiger partial charge on any atom is -0.478 e. The van der Waals surface area contributed by atoms with Gasteiger partial charge in [-0.25, -0.2) is 4.79 Å². The fraction of sp³-hybridized carbons (Fsp3) is 0.462. The van der Waals surface area contributed by atoms with E-state index in [9.17, 15) is 9.59 Å². The van der Waals surface area contributed by atoms with E-state index in [2.05, 4.69) is 15.6 Å². The Labute approximate surface area is 117 Å². The normalized spacial score (nSPS) is 10.2. The molecule has 0 aliphatic rings. The van der Waals surface area contributed by atoms with E-state index in [0.717, 1.165) is 5.69 Å². The second-order valence-electron chi connectivity index (χ2n) is 4.11. The monoisotopic (exact) mass is 281 g/mol. The molecule has 1 aromatic heterocycles. The zero-order valence-electron chi connectivity index (χ0n) is 11.4. The standard InChI is InChI=1S/C13H19N3O4/c1-20-7-6-15-12(17)4-5-14-9-11-3-2-10(8-16-11)13(18)19/h2-3,8,14H,4-7,9H2,1H3,(H,15,17)(H,18,19). The van der Waals surface area contributed by atoms with E-state index >= 15 is 0 Å². The molecule has 1 rings (SSSR count). The number of carboxylic acid groups (broad SMARTS) is 1. The van der Waals surface area contributed by atoms with Crippen LogP contribution in [-0.4, -0.2) is 48.8 Å². The van der Waals surface area contributed by atoms with Crippen LogP contribution in [0.3, 0.4) is 0 Å². The Hall–Kier alpha value is -1.99. The first-order chi connectivity index (χ1) is 9.63. The van der Waals surface area contributed by atoms with Gasteiger partial charge in [-0.1, -0.05) is 0 Å². The molecule has 0 aliphatic heterocycles. The van der Waals surface area contributed by atoms with E-state index < -0.39 is 5.97 Å². The summed E-state index contributed by atoms with van der Waals surface area (Å²) in [5.74, 6) is -1.03. The summed E-state index contributed by atoms with van der Waals surface area (Å²) in [6.45, 7) is 2.03. The number of nitrogens with one attached hydrogen (secondary N) is 2. The number of carboxylic acids is 1. The fourth-order valence-electron chi connectivity index (χ4n) is 1.45. The summed E-state index contributed by atoms with van der Waals surface area (Å²) in [4.78, 5) is 26.0. The Kier molecular flexibility index (Phi) is 7.23. The highest BCUT2D eigenvalue weighted by atomic mass is 16.5. The Bertz CT molecular complexity index is 434. The Morgan fingerprint density at radius 1 is 1.35 bits per heavy atom. The van der Waals surface area contributed by atoms with Crippen molar-refractivity contribution in [1.29, 1.82) is 0 Å². The molecule has 1 amide bonds. The average Bonchev–Trinajstić information content (AvgIpc) is 2.44. The van der Waals surface area contributed by atoms with Gasteiger partial charge in [0.15, 0.2) is 0 Å². The highest BCUT2D eigenvalue weighted by Gasteiger charge is 2.03. The molecule has 0 atom stereocenters. The van der Waals surface area contributed by atoms with Gasteiger partial charge in [0.2, 0.25) is 5.91 Å². The van der Waals surface area contributed by atoms with Crippen molar-refractivity contribution in [3.05, 3.63) is 29.6 Å². The first kappa shape index (κ1) is 16.1. The summed E-state index contributed by atoms with van der Waals surface area (Å²) in [6, 6.07) is 3.15. The maximum absolute atomic E-state index is 11.4. The topological polar surface area (TPSA) is 101 Å². The number of pyridine rings is 1. The predicted octanol–water partition coefficient (Wildman–Crippen LogP) is 0.0221. The highest BCUT2D eigenvalue weighted by molar-refractivity contribution is 5.87. The van der Waals surface area contributed by atoms with Crippen LogP contribution >= 0.6 is 0 Å². The summed E-state index contributed by atoms with van der Waals surface area (Å²) < 4.78 is 4.82. The van der Waals surface area contributed by atoms with E-state index in [1.54, 1.807) is 13.2 Å². The van der Waals surface area contributed by atoms with E-state index in [-0.39, 0.29) is 11.5 Å². The lowest BCUT2D eigenvalue weighted by molar-refractivity contribution is -0.121.